The Labute approximate surface area is 156 Å². The molecule has 2 fully saturated rings. The molecule has 0 radical (unpaired) electrons. The van der Waals surface area contributed by atoms with Crippen LogP contribution >= 0.6 is 11.3 Å². The van der Waals surface area contributed by atoms with Crippen LogP contribution < -0.4 is 4.90 Å². The molecule has 1 atom stereocenters. The van der Waals surface area contributed by atoms with Crippen LogP contribution in [0.4, 0.5) is 5.69 Å². The van der Waals surface area contributed by atoms with E-state index in [2.05, 4.69) is 4.98 Å². The Balaban J connectivity index is 1.60. The highest BCUT2D eigenvalue weighted by Gasteiger charge is 2.50. The van der Waals surface area contributed by atoms with Crippen molar-refractivity contribution < 1.29 is 13.2 Å². The summed E-state index contributed by atoms with van der Waals surface area (Å²) in [6, 6.07) is 1.93. The molecule has 0 bridgehead atoms. The van der Waals surface area contributed by atoms with Crippen molar-refractivity contribution in [2.24, 2.45) is 7.05 Å². The summed E-state index contributed by atoms with van der Waals surface area (Å²) in [7, 11) is 0.0212. The number of sulfonamides is 1. The maximum atomic E-state index is 12.9. The lowest BCUT2D eigenvalue weighted by molar-refractivity contribution is -0.123. The SMILES string of the molecule is CN1CC(=O)N(c2ccsc2)CC12CCN(S(=O)(=O)c1cn(C)cn1)C2. The summed E-state index contributed by atoms with van der Waals surface area (Å²) in [5.74, 6) is 0.0440. The number of thiophene rings is 1. The van der Waals surface area contributed by atoms with Crippen LogP contribution in [-0.2, 0) is 21.9 Å². The molecule has 1 spiro atoms. The number of piperazine rings is 1. The van der Waals surface area contributed by atoms with Gasteiger partial charge in [-0.05, 0) is 24.9 Å². The highest BCUT2D eigenvalue weighted by Crippen LogP contribution is 2.35. The fourth-order valence-corrected chi connectivity index (χ4v) is 5.85. The zero-order chi connectivity index (χ0) is 18.5. The zero-order valence-electron chi connectivity index (χ0n) is 14.7. The van der Waals surface area contributed by atoms with Gasteiger partial charge in [-0.15, -0.1) is 0 Å². The smallest absolute Gasteiger partial charge is 0.262 e. The first kappa shape index (κ1) is 17.7. The van der Waals surface area contributed by atoms with Crippen molar-refractivity contribution in [2.75, 3.05) is 38.1 Å². The Morgan fingerprint density at radius 3 is 2.73 bits per heavy atom. The Bertz CT molecular complexity index is 924. The molecule has 4 rings (SSSR count). The number of likely N-dealkylation sites (N-methyl/N-ethyl adjacent to an activating group) is 1. The average Bonchev–Trinajstić information content (AvgIpc) is 3.32. The highest BCUT2D eigenvalue weighted by atomic mass is 32.2. The van der Waals surface area contributed by atoms with Gasteiger partial charge in [0, 0.05) is 38.3 Å². The van der Waals surface area contributed by atoms with E-state index in [-0.39, 0.29) is 23.0 Å². The van der Waals surface area contributed by atoms with Gasteiger partial charge >= 0.3 is 0 Å². The highest BCUT2D eigenvalue weighted by molar-refractivity contribution is 7.89. The molecule has 4 heterocycles. The minimum atomic E-state index is -3.63. The van der Waals surface area contributed by atoms with Crippen molar-refractivity contribution in [1.82, 2.24) is 18.8 Å². The van der Waals surface area contributed by atoms with E-state index in [1.165, 1.54) is 16.8 Å². The van der Waals surface area contributed by atoms with Gasteiger partial charge in [-0.1, -0.05) is 0 Å². The minimum absolute atomic E-state index is 0.0440. The van der Waals surface area contributed by atoms with Crippen LogP contribution in [0.15, 0.2) is 34.4 Å². The molecule has 0 aliphatic carbocycles. The van der Waals surface area contributed by atoms with Gasteiger partial charge in [-0.2, -0.15) is 15.6 Å². The molecule has 2 aromatic rings. The molecule has 0 saturated carbocycles. The molecule has 140 valence electrons. The number of amides is 1. The van der Waals surface area contributed by atoms with Gasteiger partial charge in [-0.3, -0.25) is 9.69 Å². The Kier molecular flexibility index (Phi) is 4.18. The topological polar surface area (TPSA) is 78.8 Å². The van der Waals surface area contributed by atoms with Gasteiger partial charge in [0.25, 0.3) is 10.0 Å². The van der Waals surface area contributed by atoms with E-state index in [1.54, 1.807) is 27.9 Å². The van der Waals surface area contributed by atoms with Gasteiger partial charge in [0.2, 0.25) is 5.91 Å². The second-order valence-electron chi connectivity index (χ2n) is 7.01. The van der Waals surface area contributed by atoms with E-state index in [0.717, 1.165) is 5.69 Å². The maximum Gasteiger partial charge on any atom is 0.262 e. The van der Waals surface area contributed by atoms with Crippen molar-refractivity contribution in [2.45, 2.75) is 17.0 Å². The van der Waals surface area contributed by atoms with Crippen molar-refractivity contribution in [3.8, 4) is 0 Å². The number of carbonyl (C=O) groups excluding carboxylic acids is 1. The van der Waals surface area contributed by atoms with Crippen molar-refractivity contribution in [3.05, 3.63) is 29.4 Å². The number of hydrogen-bond donors (Lipinski definition) is 0. The number of imidazole rings is 1. The fourth-order valence-electron chi connectivity index (χ4n) is 3.72. The molecule has 10 heteroatoms. The molecule has 0 aromatic carbocycles. The molecular formula is C16H21N5O3S2. The lowest BCUT2D eigenvalue weighted by Crippen LogP contribution is -2.64. The number of anilines is 1. The largest absolute Gasteiger partial charge is 0.339 e. The van der Waals surface area contributed by atoms with E-state index in [9.17, 15) is 13.2 Å². The van der Waals surface area contributed by atoms with Gasteiger partial charge < -0.3 is 9.47 Å². The van der Waals surface area contributed by atoms with Crippen LogP contribution in [0.1, 0.15) is 6.42 Å². The molecule has 1 amide bonds. The van der Waals surface area contributed by atoms with E-state index in [4.69, 9.17) is 0 Å². The second-order valence-corrected chi connectivity index (χ2v) is 9.67. The molecule has 2 aromatic heterocycles. The maximum absolute atomic E-state index is 12.9. The van der Waals surface area contributed by atoms with Gasteiger partial charge in [0.05, 0.1) is 24.1 Å². The first-order chi connectivity index (χ1) is 12.3. The van der Waals surface area contributed by atoms with Crippen LogP contribution in [-0.4, -0.2) is 71.8 Å². The minimum Gasteiger partial charge on any atom is -0.339 e. The summed E-state index contributed by atoms with van der Waals surface area (Å²) >= 11 is 1.55. The van der Waals surface area contributed by atoms with Crippen molar-refractivity contribution in [1.29, 1.82) is 0 Å². The summed E-state index contributed by atoms with van der Waals surface area (Å²) in [4.78, 5) is 20.3. The number of hydrogen-bond acceptors (Lipinski definition) is 6. The van der Waals surface area contributed by atoms with Crippen LogP contribution in [0.2, 0.25) is 0 Å². The molecule has 2 aliphatic rings. The number of nitrogens with zero attached hydrogens (tertiary/aromatic N) is 5. The van der Waals surface area contributed by atoms with E-state index in [0.29, 0.717) is 26.1 Å². The Hall–Kier alpha value is -1.75. The molecular weight excluding hydrogens is 374 g/mol. The summed E-state index contributed by atoms with van der Waals surface area (Å²) < 4.78 is 28.9. The van der Waals surface area contributed by atoms with Crippen molar-refractivity contribution >= 4 is 33.0 Å². The van der Waals surface area contributed by atoms with E-state index in [1.807, 2.05) is 28.8 Å². The van der Waals surface area contributed by atoms with Gasteiger partial charge in [0.15, 0.2) is 5.03 Å². The average molecular weight is 396 g/mol. The van der Waals surface area contributed by atoms with Crippen LogP contribution in [0.3, 0.4) is 0 Å². The first-order valence-electron chi connectivity index (χ1n) is 8.34. The standard InChI is InChI=1S/C16H21N5O3S2/c1-18-7-14(17-12-18)26(23,24)20-5-4-16(10-20)11-21(13-3-6-25-9-13)15(22)8-19(16)2/h3,6-7,9,12H,4-5,8,10-11H2,1-2H3. The molecule has 26 heavy (non-hydrogen) atoms. The molecule has 0 N–H and O–H groups in total. The summed E-state index contributed by atoms with van der Waals surface area (Å²) in [6.45, 7) is 1.56. The number of carbonyl (C=O) groups is 1. The molecule has 2 saturated heterocycles. The van der Waals surface area contributed by atoms with Gasteiger partial charge in [0.1, 0.15) is 0 Å². The predicted octanol–water partition coefficient (Wildman–Crippen LogP) is 0.593. The van der Waals surface area contributed by atoms with Crippen LogP contribution in [0.25, 0.3) is 0 Å². The third-order valence-electron chi connectivity index (χ3n) is 5.34. The second kappa shape index (κ2) is 6.15. The lowest BCUT2D eigenvalue weighted by Gasteiger charge is -2.46. The normalized spacial score (nSPS) is 25.5. The zero-order valence-corrected chi connectivity index (χ0v) is 16.3. The summed E-state index contributed by atoms with van der Waals surface area (Å²) in [6.07, 6.45) is 3.69. The van der Waals surface area contributed by atoms with Crippen molar-refractivity contribution in [3.63, 3.8) is 0 Å². The molecule has 1 unspecified atom stereocenters. The summed E-state index contributed by atoms with van der Waals surface area (Å²) in [5, 5.41) is 3.97. The molecule has 2 aliphatic heterocycles. The number of rotatable bonds is 3. The number of aromatic nitrogens is 2. The Morgan fingerprint density at radius 1 is 1.27 bits per heavy atom. The third kappa shape index (κ3) is 2.77. The summed E-state index contributed by atoms with van der Waals surface area (Å²) in [5.41, 5.74) is 0.510. The van der Waals surface area contributed by atoms with Gasteiger partial charge in [-0.25, -0.2) is 13.4 Å². The number of aryl methyl sites for hydroxylation is 1. The predicted molar refractivity (Wildman–Crippen MR) is 98.6 cm³/mol. The van der Waals surface area contributed by atoms with E-state index < -0.39 is 10.0 Å². The van der Waals surface area contributed by atoms with Crippen LogP contribution in [0.5, 0.6) is 0 Å². The van der Waals surface area contributed by atoms with Crippen LogP contribution in [0, 0.1) is 0 Å². The van der Waals surface area contributed by atoms with E-state index >= 15 is 0 Å². The monoisotopic (exact) mass is 395 g/mol. The quantitative estimate of drug-likeness (QED) is 0.760. The Morgan fingerprint density at radius 2 is 2.08 bits per heavy atom. The first-order valence-corrected chi connectivity index (χ1v) is 10.7. The fraction of sp³-hybridized carbons (Fsp3) is 0.500. The molecule has 8 nitrogen and oxygen atoms in total. The lowest BCUT2D eigenvalue weighted by atomic mass is 9.93. The third-order valence-corrected chi connectivity index (χ3v) is 7.74.